The van der Waals surface area contributed by atoms with Crippen molar-refractivity contribution in [2.24, 2.45) is 12.0 Å². The third-order valence-corrected chi connectivity index (χ3v) is 4.24. The van der Waals surface area contributed by atoms with Crippen molar-refractivity contribution in [1.29, 1.82) is 0 Å². The van der Waals surface area contributed by atoms with E-state index in [0.717, 1.165) is 28.8 Å². The van der Waals surface area contributed by atoms with E-state index < -0.39 is 0 Å². The van der Waals surface area contributed by atoms with Gasteiger partial charge in [-0.15, -0.1) is 0 Å². The first-order chi connectivity index (χ1) is 12.5. The van der Waals surface area contributed by atoms with Gasteiger partial charge >= 0.3 is 0 Å². The molecule has 0 bridgehead atoms. The van der Waals surface area contributed by atoms with Crippen LogP contribution in [0.3, 0.4) is 0 Å². The minimum absolute atomic E-state index is 0.543. The number of aryl methyl sites for hydroxylation is 1. The Morgan fingerprint density at radius 3 is 2.54 bits per heavy atom. The fraction of sp³-hybridized carbons (Fsp3) is 0.421. The molecule has 0 aliphatic rings. The van der Waals surface area contributed by atoms with Crippen molar-refractivity contribution in [3.05, 3.63) is 46.7 Å². The van der Waals surface area contributed by atoms with Gasteiger partial charge in [0.25, 0.3) is 0 Å². The zero-order valence-electron chi connectivity index (χ0n) is 16.0. The second-order valence-corrected chi connectivity index (χ2v) is 6.41. The molecule has 0 atom stereocenters. The Balaban J connectivity index is 2.13. The lowest BCUT2D eigenvalue weighted by molar-refractivity contribution is 0.354. The maximum atomic E-state index is 6.08. The first-order valence-corrected chi connectivity index (χ1v) is 8.87. The number of aromatic nitrogens is 1. The monoisotopic (exact) mass is 378 g/mol. The van der Waals surface area contributed by atoms with E-state index in [1.54, 1.807) is 14.2 Å². The van der Waals surface area contributed by atoms with Crippen LogP contribution in [0.25, 0.3) is 0 Å². The number of hydrogen-bond donors (Lipinski definition) is 1. The number of nitrogens with zero attached hydrogens (tertiary/aromatic N) is 3. The van der Waals surface area contributed by atoms with E-state index in [2.05, 4.69) is 17.1 Å². The first-order valence-electron chi connectivity index (χ1n) is 8.49. The van der Waals surface area contributed by atoms with E-state index in [0.29, 0.717) is 24.6 Å². The van der Waals surface area contributed by atoms with E-state index in [-0.39, 0.29) is 0 Å². The molecular weight excluding hydrogens is 352 g/mol. The van der Waals surface area contributed by atoms with Crippen molar-refractivity contribution >= 4 is 17.6 Å². The lowest BCUT2D eigenvalue weighted by Gasteiger charge is -2.22. The quantitative estimate of drug-likeness (QED) is 0.593. The number of methoxy groups -OCH3 is 2. The fourth-order valence-corrected chi connectivity index (χ4v) is 2.93. The van der Waals surface area contributed by atoms with Gasteiger partial charge in [0.15, 0.2) is 17.5 Å². The summed E-state index contributed by atoms with van der Waals surface area (Å²) in [7, 11) is 7.26. The molecule has 1 N–H and O–H groups in total. The minimum Gasteiger partial charge on any atom is -0.493 e. The highest BCUT2D eigenvalue weighted by molar-refractivity contribution is 6.30. The Kier molecular flexibility index (Phi) is 7.21. The molecule has 0 aliphatic carbocycles. The highest BCUT2D eigenvalue weighted by Gasteiger charge is 2.10. The summed E-state index contributed by atoms with van der Waals surface area (Å²) in [6, 6.07) is 7.80. The van der Waals surface area contributed by atoms with Crippen LogP contribution in [0.15, 0.2) is 35.5 Å². The van der Waals surface area contributed by atoms with E-state index in [4.69, 9.17) is 26.1 Å². The number of hydrogen-bond acceptors (Lipinski definition) is 3. The molecule has 6 nitrogen and oxygen atoms in total. The van der Waals surface area contributed by atoms with Gasteiger partial charge in [0.2, 0.25) is 0 Å². The van der Waals surface area contributed by atoms with Gasteiger partial charge < -0.3 is 24.3 Å². The summed E-state index contributed by atoms with van der Waals surface area (Å²) in [6.07, 6.45) is 1.90. The standard InChI is InChI=1S/C19H27ClN4O2/c1-6-21-19(24(3)13-16-10-15(20)12-23(16)2)22-11-14-7-8-17(25-4)18(9-14)26-5/h7-10,12H,6,11,13H2,1-5H3,(H,21,22). The lowest BCUT2D eigenvalue weighted by Crippen LogP contribution is -2.38. The van der Waals surface area contributed by atoms with Crippen LogP contribution in [0.1, 0.15) is 18.2 Å². The van der Waals surface area contributed by atoms with Crippen LogP contribution in [0.2, 0.25) is 5.02 Å². The van der Waals surface area contributed by atoms with Crippen LogP contribution < -0.4 is 14.8 Å². The Labute approximate surface area is 160 Å². The number of nitrogens with one attached hydrogen (secondary N) is 1. The molecule has 1 aromatic carbocycles. The summed E-state index contributed by atoms with van der Waals surface area (Å²) in [5.74, 6) is 2.25. The predicted molar refractivity (Wildman–Crippen MR) is 106 cm³/mol. The van der Waals surface area contributed by atoms with Gasteiger partial charge in [0.1, 0.15) is 0 Å². The van der Waals surface area contributed by atoms with Gasteiger partial charge in [-0.1, -0.05) is 17.7 Å². The normalized spacial score (nSPS) is 11.4. The SMILES string of the molecule is CCNC(=NCc1ccc(OC)c(OC)c1)N(C)Cc1cc(Cl)cn1C. The molecule has 0 saturated carbocycles. The smallest absolute Gasteiger partial charge is 0.194 e. The number of benzene rings is 1. The van der Waals surface area contributed by atoms with Crippen molar-refractivity contribution in [2.75, 3.05) is 27.8 Å². The third kappa shape index (κ3) is 5.08. The molecule has 2 rings (SSSR count). The predicted octanol–water partition coefficient (Wildman–Crippen LogP) is 3.29. The molecule has 142 valence electrons. The number of ether oxygens (including phenoxy) is 2. The van der Waals surface area contributed by atoms with Crippen molar-refractivity contribution in [1.82, 2.24) is 14.8 Å². The maximum absolute atomic E-state index is 6.08. The Morgan fingerprint density at radius 1 is 1.23 bits per heavy atom. The Morgan fingerprint density at radius 2 is 1.96 bits per heavy atom. The summed E-state index contributed by atoms with van der Waals surface area (Å²) in [6.45, 7) is 4.10. The Bertz CT molecular complexity index is 758. The fourth-order valence-electron chi connectivity index (χ4n) is 2.66. The van der Waals surface area contributed by atoms with Gasteiger partial charge in [0.05, 0.1) is 32.3 Å². The Hall–Kier alpha value is -2.34. The highest BCUT2D eigenvalue weighted by atomic mass is 35.5. The molecule has 1 heterocycles. The van der Waals surface area contributed by atoms with Gasteiger partial charge in [-0.2, -0.15) is 0 Å². The second kappa shape index (κ2) is 9.38. The average molecular weight is 379 g/mol. The molecule has 26 heavy (non-hydrogen) atoms. The van der Waals surface area contributed by atoms with Gasteiger partial charge in [0, 0.05) is 32.5 Å². The summed E-state index contributed by atoms with van der Waals surface area (Å²) >= 11 is 6.08. The number of halogens is 1. The van der Waals surface area contributed by atoms with Crippen molar-refractivity contribution in [2.45, 2.75) is 20.0 Å². The largest absolute Gasteiger partial charge is 0.493 e. The molecule has 0 amide bonds. The molecule has 7 heteroatoms. The zero-order valence-corrected chi connectivity index (χ0v) is 16.8. The van der Waals surface area contributed by atoms with E-state index in [9.17, 15) is 0 Å². The van der Waals surface area contributed by atoms with Crippen LogP contribution in [-0.4, -0.2) is 43.2 Å². The molecule has 0 saturated heterocycles. The topological polar surface area (TPSA) is 51.0 Å². The number of aliphatic imine (C=N–C) groups is 1. The number of rotatable bonds is 7. The second-order valence-electron chi connectivity index (χ2n) is 5.98. The first kappa shape index (κ1) is 20.0. The van der Waals surface area contributed by atoms with Crippen molar-refractivity contribution in [3.8, 4) is 11.5 Å². The summed E-state index contributed by atoms with van der Waals surface area (Å²) in [5.41, 5.74) is 2.17. The molecule has 0 unspecified atom stereocenters. The molecule has 0 spiro atoms. The zero-order chi connectivity index (χ0) is 19.1. The van der Waals surface area contributed by atoms with E-state index >= 15 is 0 Å². The van der Waals surface area contributed by atoms with Crippen LogP contribution in [0.4, 0.5) is 0 Å². The van der Waals surface area contributed by atoms with Crippen LogP contribution in [0.5, 0.6) is 11.5 Å². The van der Waals surface area contributed by atoms with Crippen LogP contribution in [-0.2, 0) is 20.1 Å². The maximum Gasteiger partial charge on any atom is 0.194 e. The molecule has 1 aromatic heterocycles. The average Bonchev–Trinajstić information content (AvgIpc) is 2.95. The van der Waals surface area contributed by atoms with Crippen LogP contribution in [0, 0.1) is 0 Å². The summed E-state index contributed by atoms with van der Waals surface area (Å²) in [5, 5.41) is 4.07. The summed E-state index contributed by atoms with van der Waals surface area (Å²) in [4.78, 5) is 6.82. The highest BCUT2D eigenvalue weighted by Crippen LogP contribution is 2.27. The summed E-state index contributed by atoms with van der Waals surface area (Å²) < 4.78 is 12.7. The van der Waals surface area contributed by atoms with E-state index in [1.807, 2.05) is 49.1 Å². The van der Waals surface area contributed by atoms with Gasteiger partial charge in [-0.25, -0.2) is 4.99 Å². The van der Waals surface area contributed by atoms with Gasteiger partial charge in [-0.05, 0) is 30.7 Å². The van der Waals surface area contributed by atoms with Crippen LogP contribution >= 0.6 is 11.6 Å². The molecule has 2 aromatic rings. The molecular formula is C19H27ClN4O2. The van der Waals surface area contributed by atoms with Crippen molar-refractivity contribution < 1.29 is 9.47 Å². The molecule has 0 radical (unpaired) electrons. The number of guanidine groups is 1. The lowest BCUT2D eigenvalue weighted by atomic mass is 10.2. The molecule has 0 aliphatic heterocycles. The van der Waals surface area contributed by atoms with Crippen molar-refractivity contribution in [3.63, 3.8) is 0 Å². The van der Waals surface area contributed by atoms with E-state index in [1.165, 1.54) is 0 Å². The van der Waals surface area contributed by atoms with Gasteiger partial charge in [-0.3, -0.25) is 0 Å². The third-order valence-electron chi connectivity index (χ3n) is 4.03. The molecule has 0 fully saturated rings. The minimum atomic E-state index is 0.543.